The normalized spacial score (nSPS) is 16.7. The predicted molar refractivity (Wildman–Crippen MR) is 107 cm³/mol. The van der Waals surface area contributed by atoms with E-state index < -0.39 is 0 Å². The summed E-state index contributed by atoms with van der Waals surface area (Å²) in [5.41, 5.74) is 3.20. The topological polar surface area (TPSA) is 44.8 Å². The van der Waals surface area contributed by atoms with E-state index in [2.05, 4.69) is 34.5 Å². The van der Waals surface area contributed by atoms with Crippen LogP contribution in [-0.2, 0) is 17.8 Å². The number of morpholine rings is 1. The highest BCUT2D eigenvalue weighted by Crippen LogP contribution is 2.28. The van der Waals surface area contributed by atoms with E-state index in [0.29, 0.717) is 13.1 Å². The third-order valence-corrected chi connectivity index (χ3v) is 5.27. The van der Waals surface area contributed by atoms with E-state index in [4.69, 9.17) is 4.74 Å². The molecule has 1 heterocycles. The highest BCUT2D eigenvalue weighted by Gasteiger charge is 2.32. The molecule has 1 saturated heterocycles. The molecule has 0 aromatic heterocycles. The molecule has 6 heteroatoms. The van der Waals surface area contributed by atoms with Crippen molar-refractivity contribution >= 4 is 11.7 Å². The summed E-state index contributed by atoms with van der Waals surface area (Å²) in [6, 6.07) is 14.9. The van der Waals surface area contributed by atoms with Gasteiger partial charge in [0.15, 0.2) is 0 Å². The molecule has 2 aromatic carbocycles. The number of ether oxygens (including phenoxy) is 1. The van der Waals surface area contributed by atoms with E-state index in [9.17, 15) is 9.18 Å². The second-order valence-corrected chi connectivity index (χ2v) is 7.41. The van der Waals surface area contributed by atoms with Crippen molar-refractivity contribution in [3.05, 3.63) is 65.5 Å². The van der Waals surface area contributed by atoms with E-state index in [0.717, 1.165) is 50.3 Å². The molecule has 2 fully saturated rings. The Morgan fingerprint density at radius 3 is 2.32 bits per heavy atom. The number of benzene rings is 2. The van der Waals surface area contributed by atoms with Gasteiger partial charge in [-0.05, 0) is 48.2 Å². The summed E-state index contributed by atoms with van der Waals surface area (Å²) < 4.78 is 18.5. The molecule has 0 bridgehead atoms. The van der Waals surface area contributed by atoms with Gasteiger partial charge in [-0.3, -0.25) is 0 Å². The fourth-order valence-corrected chi connectivity index (χ4v) is 3.46. The van der Waals surface area contributed by atoms with Crippen LogP contribution in [-0.4, -0.2) is 43.3 Å². The van der Waals surface area contributed by atoms with Crippen LogP contribution in [0.1, 0.15) is 24.0 Å². The van der Waals surface area contributed by atoms with Crippen LogP contribution in [0, 0.1) is 5.82 Å². The van der Waals surface area contributed by atoms with Gasteiger partial charge in [0.25, 0.3) is 0 Å². The first kappa shape index (κ1) is 18.7. The second-order valence-electron chi connectivity index (χ2n) is 7.41. The zero-order valence-electron chi connectivity index (χ0n) is 15.9. The van der Waals surface area contributed by atoms with Crippen LogP contribution in [0.4, 0.5) is 14.9 Å². The van der Waals surface area contributed by atoms with E-state index in [-0.39, 0.29) is 17.9 Å². The van der Waals surface area contributed by atoms with Gasteiger partial charge in [-0.15, -0.1) is 0 Å². The van der Waals surface area contributed by atoms with E-state index in [1.807, 2.05) is 4.90 Å². The first-order chi connectivity index (χ1) is 13.7. The molecule has 2 aliphatic rings. The van der Waals surface area contributed by atoms with Crippen molar-refractivity contribution in [3.63, 3.8) is 0 Å². The Bertz CT molecular complexity index is 784. The van der Waals surface area contributed by atoms with Crippen molar-refractivity contribution in [2.75, 3.05) is 31.2 Å². The van der Waals surface area contributed by atoms with Crippen LogP contribution in [0.3, 0.4) is 0 Å². The second kappa shape index (κ2) is 8.61. The van der Waals surface area contributed by atoms with E-state index in [1.165, 1.54) is 17.8 Å². The Labute approximate surface area is 165 Å². The monoisotopic (exact) mass is 383 g/mol. The minimum atomic E-state index is -0.258. The van der Waals surface area contributed by atoms with Gasteiger partial charge < -0.3 is 19.9 Å². The Morgan fingerprint density at radius 2 is 1.68 bits per heavy atom. The van der Waals surface area contributed by atoms with Crippen molar-refractivity contribution in [2.45, 2.75) is 32.0 Å². The Hall–Kier alpha value is -2.60. The molecule has 0 radical (unpaired) electrons. The molecule has 5 nitrogen and oxygen atoms in total. The molecular weight excluding hydrogens is 357 g/mol. The molecule has 0 atom stereocenters. The van der Waals surface area contributed by atoms with Crippen molar-refractivity contribution in [1.29, 1.82) is 0 Å². The number of halogens is 1. The van der Waals surface area contributed by atoms with Crippen LogP contribution in [0.15, 0.2) is 48.5 Å². The average molecular weight is 383 g/mol. The van der Waals surface area contributed by atoms with Gasteiger partial charge >= 0.3 is 6.03 Å². The minimum absolute atomic E-state index is 0.0657. The predicted octanol–water partition coefficient (Wildman–Crippen LogP) is 3.54. The number of anilines is 1. The van der Waals surface area contributed by atoms with Crippen LogP contribution in [0.2, 0.25) is 0 Å². The number of nitrogens with one attached hydrogen (secondary N) is 1. The smallest absolute Gasteiger partial charge is 0.318 e. The van der Waals surface area contributed by atoms with Crippen molar-refractivity contribution in [1.82, 2.24) is 10.2 Å². The first-order valence-corrected chi connectivity index (χ1v) is 9.89. The third-order valence-electron chi connectivity index (χ3n) is 5.27. The Morgan fingerprint density at radius 1 is 1.04 bits per heavy atom. The fraction of sp³-hybridized carbons (Fsp3) is 0.409. The number of amides is 2. The van der Waals surface area contributed by atoms with Gasteiger partial charge in [0.05, 0.1) is 13.2 Å². The number of hydrogen-bond donors (Lipinski definition) is 1. The molecular formula is C22H26FN3O2. The average Bonchev–Trinajstić information content (AvgIpc) is 3.58. The maximum atomic E-state index is 13.1. The Balaban J connectivity index is 1.32. The summed E-state index contributed by atoms with van der Waals surface area (Å²) in [7, 11) is 0. The Kier molecular flexibility index (Phi) is 5.76. The number of rotatable bonds is 6. The summed E-state index contributed by atoms with van der Waals surface area (Å²) in [4.78, 5) is 16.9. The van der Waals surface area contributed by atoms with Gasteiger partial charge in [-0.25, -0.2) is 9.18 Å². The summed E-state index contributed by atoms with van der Waals surface area (Å²) >= 11 is 0. The molecule has 148 valence electrons. The van der Waals surface area contributed by atoms with Crippen molar-refractivity contribution in [2.24, 2.45) is 0 Å². The highest BCUT2D eigenvalue weighted by atomic mass is 19.1. The fourth-order valence-electron chi connectivity index (χ4n) is 3.46. The van der Waals surface area contributed by atoms with Crippen LogP contribution in [0.5, 0.6) is 0 Å². The van der Waals surface area contributed by atoms with E-state index >= 15 is 0 Å². The third kappa shape index (κ3) is 4.81. The lowest BCUT2D eigenvalue weighted by Gasteiger charge is -2.29. The van der Waals surface area contributed by atoms with Gasteiger partial charge in [0, 0.05) is 37.9 Å². The zero-order chi connectivity index (χ0) is 19.3. The lowest BCUT2D eigenvalue weighted by atomic mass is 10.2. The van der Waals surface area contributed by atoms with Gasteiger partial charge in [-0.2, -0.15) is 0 Å². The summed E-state index contributed by atoms with van der Waals surface area (Å²) in [6.45, 7) is 4.36. The highest BCUT2D eigenvalue weighted by molar-refractivity contribution is 5.75. The van der Waals surface area contributed by atoms with Crippen LogP contribution < -0.4 is 10.2 Å². The first-order valence-electron chi connectivity index (χ1n) is 9.89. The van der Waals surface area contributed by atoms with Gasteiger partial charge in [-0.1, -0.05) is 24.3 Å². The molecule has 1 saturated carbocycles. The molecule has 2 aromatic rings. The number of carbonyl (C=O) groups is 1. The lowest BCUT2D eigenvalue weighted by Crippen LogP contribution is -2.40. The standard InChI is InChI=1S/C22H26FN3O2/c23-19-5-1-18(2-6-19)16-26(21-9-10-21)22(27)24-15-17-3-7-20(8-4-17)25-11-13-28-14-12-25/h1-8,21H,9-16H2,(H,24,27). The number of hydrogen-bond acceptors (Lipinski definition) is 3. The quantitative estimate of drug-likeness (QED) is 0.830. The van der Waals surface area contributed by atoms with Crippen molar-refractivity contribution < 1.29 is 13.9 Å². The van der Waals surface area contributed by atoms with E-state index in [1.54, 1.807) is 12.1 Å². The molecule has 0 spiro atoms. The number of carbonyl (C=O) groups excluding carboxylic acids is 1. The van der Waals surface area contributed by atoms with Gasteiger partial charge in [0.1, 0.15) is 5.82 Å². The summed E-state index contributed by atoms with van der Waals surface area (Å²) in [5, 5.41) is 3.03. The number of urea groups is 1. The zero-order valence-corrected chi connectivity index (χ0v) is 15.9. The lowest BCUT2D eigenvalue weighted by molar-refractivity contribution is 0.122. The van der Waals surface area contributed by atoms with Crippen molar-refractivity contribution in [3.8, 4) is 0 Å². The van der Waals surface area contributed by atoms with Gasteiger partial charge in [0.2, 0.25) is 0 Å². The molecule has 28 heavy (non-hydrogen) atoms. The largest absolute Gasteiger partial charge is 0.378 e. The SMILES string of the molecule is O=C(NCc1ccc(N2CCOCC2)cc1)N(Cc1ccc(F)cc1)C1CC1. The maximum absolute atomic E-state index is 13.1. The van der Waals surface area contributed by atoms with Crippen LogP contribution >= 0.6 is 0 Å². The number of nitrogens with zero attached hydrogens (tertiary/aromatic N) is 2. The molecule has 1 aliphatic heterocycles. The molecule has 0 unspecified atom stereocenters. The summed E-state index contributed by atoms with van der Waals surface area (Å²) in [6.07, 6.45) is 2.06. The molecule has 4 rings (SSSR count). The molecule has 2 amide bonds. The minimum Gasteiger partial charge on any atom is -0.378 e. The maximum Gasteiger partial charge on any atom is 0.318 e. The summed E-state index contributed by atoms with van der Waals surface area (Å²) in [5.74, 6) is -0.258. The molecule has 1 aliphatic carbocycles. The molecule has 1 N–H and O–H groups in total. The van der Waals surface area contributed by atoms with Crippen LogP contribution in [0.25, 0.3) is 0 Å².